The van der Waals surface area contributed by atoms with Crippen molar-refractivity contribution < 1.29 is 14.0 Å². The third kappa shape index (κ3) is 3.44. The molecular formula is C11H14FN3O2. The zero-order valence-corrected chi connectivity index (χ0v) is 9.58. The molecule has 0 fully saturated rings. The van der Waals surface area contributed by atoms with Crippen LogP contribution in [0.5, 0.6) is 0 Å². The quantitative estimate of drug-likeness (QED) is 0.662. The smallest absolute Gasteiger partial charge is 0.252 e. The van der Waals surface area contributed by atoms with E-state index in [1.165, 1.54) is 20.0 Å². The second-order valence-electron chi connectivity index (χ2n) is 3.58. The van der Waals surface area contributed by atoms with E-state index in [0.717, 1.165) is 12.1 Å². The predicted molar refractivity (Wildman–Crippen MR) is 61.8 cm³/mol. The number of amides is 2. The highest BCUT2D eigenvalue weighted by Gasteiger charge is 2.15. The second-order valence-corrected chi connectivity index (χ2v) is 3.58. The molecule has 92 valence electrons. The van der Waals surface area contributed by atoms with E-state index in [9.17, 15) is 14.0 Å². The van der Waals surface area contributed by atoms with Gasteiger partial charge in [-0.3, -0.25) is 9.59 Å². The van der Waals surface area contributed by atoms with Crippen LogP contribution >= 0.6 is 0 Å². The summed E-state index contributed by atoms with van der Waals surface area (Å²) in [7, 11) is 1.46. The van der Waals surface area contributed by atoms with Gasteiger partial charge >= 0.3 is 0 Å². The molecule has 1 aromatic carbocycles. The lowest BCUT2D eigenvalue weighted by Gasteiger charge is -2.12. The van der Waals surface area contributed by atoms with E-state index in [0.29, 0.717) is 0 Å². The lowest BCUT2D eigenvalue weighted by molar-refractivity contribution is -0.122. The number of rotatable bonds is 3. The summed E-state index contributed by atoms with van der Waals surface area (Å²) >= 11 is 0. The largest absolute Gasteiger partial charge is 0.399 e. The Balaban J connectivity index is 2.79. The molecule has 1 aromatic rings. The lowest BCUT2D eigenvalue weighted by atomic mass is 10.1. The van der Waals surface area contributed by atoms with Crippen molar-refractivity contribution in [3.63, 3.8) is 0 Å². The van der Waals surface area contributed by atoms with Crippen LogP contribution in [0.1, 0.15) is 17.3 Å². The first-order valence-corrected chi connectivity index (χ1v) is 5.02. The average molecular weight is 239 g/mol. The number of hydrogen-bond donors (Lipinski definition) is 3. The molecule has 2 amide bonds. The maximum absolute atomic E-state index is 13.0. The van der Waals surface area contributed by atoms with Gasteiger partial charge in [0, 0.05) is 18.3 Å². The van der Waals surface area contributed by atoms with Gasteiger partial charge in [0.15, 0.2) is 0 Å². The standard InChI is InChI=1S/C11H14FN3O2/c1-6(10(16)14-2)15-11(17)7-3-8(12)5-9(13)4-7/h3-6H,13H2,1-2H3,(H,14,16)(H,15,17). The van der Waals surface area contributed by atoms with Crippen molar-refractivity contribution in [2.45, 2.75) is 13.0 Å². The normalized spacial score (nSPS) is 11.7. The van der Waals surface area contributed by atoms with Crippen molar-refractivity contribution >= 4 is 17.5 Å². The maximum atomic E-state index is 13.0. The van der Waals surface area contributed by atoms with Crippen LogP contribution in [0.4, 0.5) is 10.1 Å². The SMILES string of the molecule is CNC(=O)C(C)NC(=O)c1cc(N)cc(F)c1. The molecule has 1 unspecified atom stereocenters. The fourth-order valence-corrected chi connectivity index (χ4v) is 1.31. The van der Waals surface area contributed by atoms with Crippen LogP contribution in [-0.4, -0.2) is 24.9 Å². The summed E-state index contributed by atoms with van der Waals surface area (Å²) in [6, 6.07) is 2.81. The summed E-state index contributed by atoms with van der Waals surface area (Å²) in [5.74, 6) is -1.47. The minimum atomic E-state index is -0.697. The molecule has 0 aliphatic heterocycles. The minimum Gasteiger partial charge on any atom is -0.399 e. The molecule has 1 atom stereocenters. The summed E-state index contributed by atoms with van der Waals surface area (Å²) in [6.45, 7) is 1.53. The highest BCUT2D eigenvalue weighted by atomic mass is 19.1. The summed E-state index contributed by atoms with van der Waals surface area (Å²) in [4.78, 5) is 22.9. The van der Waals surface area contributed by atoms with Crippen LogP contribution in [0.3, 0.4) is 0 Å². The molecule has 0 radical (unpaired) electrons. The highest BCUT2D eigenvalue weighted by molar-refractivity contribution is 5.98. The summed E-state index contributed by atoms with van der Waals surface area (Å²) < 4.78 is 13.0. The summed E-state index contributed by atoms with van der Waals surface area (Å²) in [5.41, 5.74) is 5.65. The first-order valence-electron chi connectivity index (χ1n) is 5.02. The highest BCUT2D eigenvalue weighted by Crippen LogP contribution is 2.10. The topological polar surface area (TPSA) is 84.2 Å². The maximum Gasteiger partial charge on any atom is 0.252 e. The molecule has 0 heterocycles. The Morgan fingerprint density at radius 3 is 2.53 bits per heavy atom. The molecule has 5 nitrogen and oxygen atoms in total. The molecule has 0 saturated heterocycles. The van der Waals surface area contributed by atoms with E-state index in [1.807, 2.05) is 0 Å². The Labute approximate surface area is 98.2 Å². The third-order valence-electron chi connectivity index (χ3n) is 2.17. The van der Waals surface area contributed by atoms with Gasteiger partial charge in [-0.1, -0.05) is 0 Å². The van der Waals surface area contributed by atoms with Crippen LogP contribution in [0.2, 0.25) is 0 Å². The van der Waals surface area contributed by atoms with Crippen molar-refractivity contribution in [3.8, 4) is 0 Å². The average Bonchev–Trinajstić information content (AvgIpc) is 2.26. The molecule has 6 heteroatoms. The van der Waals surface area contributed by atoms with E-state index in [1.54, 1.807) is 0 Å². The molecule has 0 aliphatic carbocycles. The Morgan fingerprint density at radius 1 is 1.35 bits per heavy atom. The Morgan fingerprint density at radius 2 is 2.00 bits per heavy atom. The van der Waals surface area contributed by atoms with Gasteiger partial charge in [-0.05, 0) is 25.1 Å². The summed E-state index contributed by atoms with van der Waals surface area (Å²) in [6.07, 6.45) is 0. The van der Waals surface area contributed by atoms with Crippen LogP contribution in [0.15, 0.2) is 18.2 Å². The van der Waals surface area contributed by atoms with Gasteiger partial charge in [-0.2, -0.15) is 0 Å². The number of hydrogen-bond acceptors (Lipinski definition) is 3. The van der Waals surface area contributed by atoms with Gasteiger partial charge in [0.2, 0.25) is 5.91 Å². The van der Waals surface area contributed by atoms with Gasteiger partial charge < -0.3 is 16.4 Å². The van der Waals surface area contributed by atoms with Crippen molar-refractivity contribution in [2.24, 2.45) is 0 Å². The third-order valence-corrected chi connectivity index (χ3v) is 2.17. The molecular weight excluding hydrogens is 225 g/mol. The molecule has 1 rings (SSSR count). The van der Waals surface area contributed by atoms with E-state index in [4.69, 9.17) is 5.73 Å². The fourth-order valence-electron chi connectivity index (χ4n) is 1.31. The molecule has 0 spiro atoms. The van der Waals surface area contributed by atoms with Crippen LogP contribution in [0.25, 0.3) is 0 Å². The van der Waals surface area contributed by atoms with Crippen LogP contribution < -0.4 is 16.4 Å². The summed E-state index contributed by atoms with van der Waals surface area (Å²) in [5, 5.41) is 4.82. The van der Waals surface area contributed by atoms with Crippen molar-refractivity contribution in [1.29, 1.82) is 0 Å². The number of carbonyl (C=O) groups is 2. The van der Waals surface area contributed by atoms with Crippen molar-refractivity contribution in [3.05, 3.63) is 29.6 Å². The van der Waals surface area contributed by atoms with Gasteiger partial charge in [-0.15, -0.1) is 0 Å². The van der Waals surface area contributed by atoms with E-state index >= 15 is 0 Å². The second kappa shape index (κ2) is 5.29. The molecule has 0 saturated carbocycles. The minimum absolute atomic E-state index is 0.0817. The Kier molecular flexibility index (Phi) is 4.03. The van der Waals surface area contributed by atoms with E-state index in [2.05, 4.69) is 10.6 Å². The fraction of sp³-hybridized carbons (Fsp3) is 0.273. The van der Waals surface area contributed by atoms with Crippen molar-refractivity contribution in [2.75, 3.05) is 12.8 Å². The molecule has 0 aliphatic rings. The number of nitrogens with one attached hydrogen (secondary N) is 2. The zero-order chi connectivity index (χ0) is 13.0. The number of carbonyl (C=O) groups excluding carboxylic acids is 2. The van der Waals surface area contributed by atoms with E-state index in [-0.39, 0.29) is 17.2 Å². The van der Waals surface area contributed by atoms with Gasteiger partial charge in [-0.25, -0.2) is 4.39 Å². The first-order chi connectivity index (χ1) is 7.93. The molecule has 4 N–H and O–H groups in total. The number of benzene rings is 1. The van der Waals surface area contributed by atoms with Gasteiger partial charge in [0.1, 0.15) is 11.9 Å². The molecule has 0 aromatic heterocycles. The number of anilines is 1. The lowest BCUT2D eigenvalue weighted by Crippen LogP contribution is -2.43. The van der Waals surface area contributed by atoms with Crippen molar-refractivity contribution in [1.82, 2.24) is 10.6 Å². The first kappa shape index (κ1) is 13.0. The Bertz CT molecular complexity index is 428. The van der Waals surface area contributed by atoms with E-state index < -0.39 is 17.8 Å². The van der Waals surface area contributed by atoms with Gasteiger partial charge in [0.05, 0.1) is 0 Å². The number of nitrogen functional groups attached to an aromatic ring is 1. The zero-order valence-electron chi connectivity index (χ0n) is 9.58. The number of likely N-dealkylation sites (N-methyl/N-ethyl adjacent to an activating group) is 1. The molecule has 17 heavy (non-hydrogen) atoms. The van der Waals surface area contributed by atoms with Gasteiger partial charge in [0.25, 0.3) is 5.91 Å². The van der Waals surface area contributed by atoms with Crippen LogP contribution in [-0.2, 0) is 4.79 Å². The Hall–Kier alpha value is -2.11. The predicted octanol–water partition coefficient (Wildman–Crippen LogP) is 0.272. The van der Waals surface area contributed by atoms with Crippen LogP contribution in [0, 0.1) is 5.82 Å². The number of nitrogens with two attached hydrogens (primary N) is 1. The monoisotopic (exact) mass is 239 g/mol. The number of halogens is 1. The molecule has 0 bridgehead atoms.